The molecule has 5 nitrogen and oxygen atoms in total. The molecule has 8 aromatic rings. The Labute approximate surface area is 328 Å². The van der Waals surface area contributed by atoms with Crippen LogP contribution in [0.4, 0.5) is 17.1 Å². The molecule has 0 N–H and O–H groups in total. The Bertz CT molecular complexity index is 2710. The largest absolute Gasteiger partial charge is 0.344 e. The number of para-hydroxylation sites is 1. The van der Waals surface area contributed by atoms with Crippen LogP contribution in [0.25, 0.3) is 43.1 Å². The smallest absolute Gasteiger partial charge is 0.266 e. The number of rotatable bonds is 7. The van der Waals surface area contributed by atoms with E-state index in [1.165, 1.54) is 38.2 Å². The van der Waals surface area contributed by atoms with Gasteiger partial charge in [-0.25, -0.2) is 4.90 Å². The highest BCUT2D eigenvalue weighted by Crippen LogP contribution is 2.53. The van der Waals surface area contributed by atoms with Gasteiger partial charge in [0.15, 0.2) is 0 Å². The van der Waals surface area contributed by atoms with Gasteiger partial charge in [0.1, 0.15) is 5.66 Å². The molecule has 56 heavy (non-hydrogen) atoms. The number of benzene rings is 8. The standard InChI is InChI=1S/C51H45N3O2/c1-30(2)34-18-13-19-35(31(3)4)48(34)54-49(55)40-22-20-36-38-24-26-42-47-43(27-25-39(45(38)47)37-21-23-41(50(54)56)46(40)44(36)37)53(29-33-16-11-8-12-17-33)51(5,6)52(42)28-32-14-9-7-10-15-32/h7-27,30-31H,28-29H2,1-6H3. The average Bonchev–Trinajstić information content (AvgIpc) is 3.20. The number of nitrogens with zero attached hydrogens (tertiary/aromatic N) is 3. The average molecular weight is 732 g/mol. The highest BCUT2D eigenvalue weighted by Gasteiger charge is 2.42. The summed E-state index contributed by atoms with van der Waals surface area (Å²) in [6.45, 7) is 14.7. The van der Waals surface area contributed by atoms with Crippen LogP contribution in [0, 0.1) is 0 Å². The fourth-order valence-electron chi connectivity index (χ4n) is 9.79. The molecule has 2 aliphatic heterocycles. The van der Waals surface area contributed by atoms with Crippen molar-refractivity contribution in [1.82, 2.24) is 0 Å². The topological polar surface area (TPSA) is 43.9 Å². The Morgan fingerprint density at radius 2 is 0.875 bits per heavy atom. The minimum absolute atomic E-state index is 0.137. The second-order valence-electron chi connectivity index (χ2n) is 16.8. The lowest BCUT2D eigenvalue weighted by Crippen LogP contribution is -2.58. The monoisotopic (exact) mass is 731 g/mol. The molecule has 10 rings (SSSR count). The van der Waals surface area contributed by atoms with Crippen LogP contribution in [0.1, 0.15) is 96.3 Å². The minimum atomic E-state index is -0.353. The molecule has 0 aliphatic carbocycles. The van der Waals surface area contributed by atoms with Gasteiger partial charge in [-0.3, -0.25) is 9.59 Å². The number of amides is 2. The number of anilines is 3. The van der Waals surface area contributed by atoms with E-state index in [9.17, 15) is 9.59 Å². The summed E-state index contributed by atoms with van der Waals surface area (Å²) in [6.07, 6.45) is 0. The lowest BCUT2D eigenvalue weighted by atomic mass is 9.82. The molecule has 2 heterocycles. The van der Waals surface area contributed by atoms with E-state index in [-0.39, 0.29) is 29.3 Å². The first kappa shape index (κ1) is 34.3. The van der Waals surface area contributed by atoms with E-state index in [0.717, 1.165) is 62.2 Å². The molecule has 0 spiro atoms. The first-order valence-electron chi connectivity index (χ1n) is 19.9. The third-order valence-electron chi connectivity index (χ3n) is 12.6. The normalized spacial score (nSPS) is 15.2. The second-order valence-corrected chi connectivity index (χ2v) is 16.8. The fraction of sp³-hybridized carbons (Fsp3) is 0.216. The van der Waals surface area contributed by atoms with E-state index < -0.39 is 0 Å². The maximum absolute atomic E-state index is 14.8. The van der Waals surface area contributed by atoms with Crippen LogP contribution in [-0.2, 0) is 13.1 Å². The molecule has 0 bridgehead atoms. The SMILES string of the molecule is CC(C)c1cccc(C(C)C)c1N1C(=O)c2ccc3c4ccc5c6c(ccc(c7ccc(c2c37)C1=O)c64)N(Cc1ccccc1)C(C)(C)N5Cc1ccccc1. The summed E-state index contributed by atoms with van der Waals surface area (Å²) in [5.74, 6) is -0.241. The molecule has 0 saturated heterocycles. The van der Waals surface area contributed by atoms with Crippen molar-refractivity contribution in [2.45, 2.75) is 72.1 Å². The van der Waals surface area contributed by atoms with Crippen LogP contribution in [0.5, 0.6) is 0 Å². The van der Waals surface area contributed by atoms with Crippen molar-refractivity contribution in [3.8, 4) is 0 Å². The van der Waals surface area contributed by atoms with Gasteiger partial charge in [-0.15, -0.1) is 0 Å². The number of carbonyl (C=O) groups is 2. The summed E-state index contributed by atoms with van der Waals surface area (Å²) in [4.78, 5) is 36.2. The number of fused-ring (bicyclic) bond motifs is 2. The van der Waals surface area contributed by atoms with Gasteiger partial charge in [0.25, 0.3) is 11.8 Å². The molecule has 5 heteroatoms. The van der Waals surface area contributed by atoms with Crippen LogP contribution in [0.2, 0.25) is 0 Å². The number of imide groups is 1. The molecule has 0 saturated carbocycles. The summed E-state index contributed by atoms with van der Waals surface area (Å²) in [5, 5.41) is 8.57. The lowest BCUT2D eigenvalue weighted by Gasteiger charge is -2.53. The maximum Gasteiger partial charge on any atom is 0.266 e. The lowest BCUT2D eigenvalue weighted by molar-refractivity contribution is 0.0893. The highest BCUT2D eigenvalue weighted by molar-refractivity contribution is 6.43. The Morgan fingerprint density at radius 1 is 0.464 bits per heavy atom. The molecule has 0 atom stereocenters. The van der Waals surface area contributed by atoms with Crippen LogP contribution >= 0.6 is 0 Å². The molecule has 0 radical (unpaired) electrons. The number of hydrogen-bond acceptors (Lipinski definition) is 4. The van der Waals surface area contributed by atoms with Crippen LogP contribution in [-0.4, -0.2) is 17.5 Å². The zero-order chi connectivity index (χ0) is 38.6. The molecule has 0 fully saturated rings. The summed E-state index contributed by atoms with van der Waals surface area (Å²) >= 11 is 0. The Morgan fingerprint density at radius 3 is 1.30 bits per heavy atom. The predicted octanol–water partition coefficient (Wildman–Crippen LogP) is 12.5. The quantitative estimate of drug-likeness (QED) is 0.0930. The van der Waals surface area contributed by atoms with Gasteiger partial charge in [-0.2, -0.15) is 0 Å². The van der Waals surface area contributed by atoms with Crippen molar-refractivity contribution >= 4 is 72.0 Å². The third-order valence-corrected chi connectivity index (χ3v) is 12.6. The van der Waals surface area contributed by atoms with Crippen molar-refractivity contribution in [2.75, 3.05) is 14.7 Å². The first-order valence-corrected chi connectivity index (χ1v) is 19.9. The van der Waals surface area contributed by atoms with Crippen LogP contribution < -0.4 is 14.7 Å². The molecule has 276 valence electrons. The van der Waals surface area contributed by atoms with Gasteiger partial charge < -0.3 is 9.80 Å². The van der Waals surface area contributed by atoms with Crippen molar-refractivity contribution in [2.24, 2.45) is 0 Å². The van der Waals surface area contributed by atoms with E-state index >= 15 is 0 Å². The van der Waals surface area contributed by atoms with E-state index in [1.54, 1.807) is 0 Å². The molecular formula is C51H45N3O2. The van der Waals surface area contributed by atoms with Gasteiger partial charge in [0.2, 0.25) is 0 Å². The van der Waals surface area contributed by atoms with Crippen LogP contribution in [0.15, 0.2) is 127 Å². The van der Waals surface area contributed by atoms with Gasteiger partial charge in [-0.1, -0.05) is 131 Å². The Balaban J connectivity index is 1.22. The summed E-state index contributed by atoms with van der Waals surface area (Å²) in [7, 11) is 0. The summed E-state index contributed by atoms with van der Waals surface area (Å²) in [5.41, 5.74) is 8.48. The zero-order valence-electron chi connectivity index (χ0n) is 32.9. The van der Waals surface area contributed by atoms with E-state index in [0.29, 0.717) is 11.1 Å². The molecule has 2 amide bonds. The van der Waals surface area contributed by atoms with Gasteiger partial charge in [-0.05, 0) is 99.1 Å². The molecular weight excluding hydrogens is 687 g/mol. The molecule has 0 unspecified atom stereocenters. The summed E-state index contributed by atoms with van der Waals surface area (Å²) in [6, 6.07) is 44.9. The zero-order valence-corrected chi connectivity index (χ0v) is 32.9. The van der Waals surface area contributed by atoms with Crippen LogP contribution in [0.3, 0.4) is 0 Å². The van der Waals surface area contributed by atoms with Gasteiger partial charge in [0, 0.05) is 51.7 Å². The second kappa shape index (κ2) is 12.4. The fourth-order valence-corrected chi connectivity index (χ4v) is 9.79. The maximum atomic E-state index is 14.8. The first-order chi connectivity index (χ1) is 27.1. The minimum Gasteiger partial charge on any atom is -0.344 e. The van der Waals surface area contributed by atoms with Crippen molar-refractivity contribution in [3.63, 3.8) is 0 Å². The van der Waals surface area contributed by atoms with E-state index in [1.807, 2.05) is 18.2 Å². The van der Waals surface area contributed by atoms with Gasteiger partial charge in [0.05, 0.1) is 5.69 Å². The summed E-state index contributed by atoms with van der Waals surface area (Å²) < 4.78 is 0. The van der Waals surface area contributed by atoms with E-state index in [2.05, 4.69) is 161 Å². The van der Waals surface area contributed by atoms with E-state index in [4.69, 9.17) is 0 Å². The van der Waals surface area contributed by atoms with Crippen molar-refractivity contribution in [1.29, 1.82) is 0 Å². The highest BCUT2D eigenvalue weighted by atomic mass is 16.2. The van der Waals surface area contributed by atoms with Crippen molar-refractivity contribution in [3.05, 3.63) is 161 Å². The molecule has 0 aromatic heterocycles. The Hall–Kier alpha value is -6.20. The molecule has 2 aliphatic rings. The Kier molecular flexibility index (Phi) is 7.60. The number of hydrogen-bond donors (Lipinski definition) is 0. The van der Waals surface area contributed by atoms with Crippen molar-refractivity contribution < 1.29 is 9.59 Å². The third kappa shape index (κ3) is 4.79. The predicted molar refractivity (Wildman–Crippen MR) is 233 cm³/mol. The van der Waals surface area contributed by atoms with Gasteiger partial charge >= 0.3 is 0 Å². The molecule has 8 aromatic carbocycles. The number of carbonyl (C=O) groups excluding carboxylic acids is 2.